The summed E-state index contributed by atoms with van der Waals surface area (Å²) in [6.45, 7) is 4.86. The first-order valence-electron chi connectivity index (χ1n) is 6.07. The Labute approximate surface area is 123 Å². The molecule has 0 saturated carbocycles. The van der Waals surface area contributed by atoms with Crippen LogP contribution in [-0.2, 0) is 0 Å². The molecule has 0 saturated heterocycles. The number of ether oxygens (including phenoxy) is 1. The van der Waals surface area contributed by atoms with E-state index in [1.807, 2.05) is 0 Å². The second-order valence-electron chi connectivity index (χ2n) is 4.76. The van der Waals surface area contributed by atoms with Gasteiger partial charge in [0.25, 0.3) is 0 Å². The van der Waals surface area contributed by atoms with Gasteiger partial charge in [-0.15, -0.1) is 0 Å². The van der Waals surface area contributed by atoms with Gasteiger partial charge in [0.1, 0.15) is 5.75 Å². The molecule has 1 aromatic rings. The summed E-state index contributed by atoms with van der Waals surface area (Å²) in [5.41, 5.74) is 0.889. The van der Waals surface area contributed by atoms with Gasteiger partial charge in [0.2, 0.25) is 0 Å². The second kappa shape index (κ2) is 5.87. The summed E-state index contributed by atoms with van der Waals surface area (Å²) in [6, 6.07) is 2.13. The van der Waals surface area contributed by atoms with E-state index in [-0.39, 0.29) is 6.04 Å². The molecule has 2 nitrogen and oxygen atoms in total. The predicted molar refractivity (Wildman–Crippen MR) is 77.2 cm³/mol. The van der Waals surface area contributed by atoms with Crippen LogP contribution in [0.1, 0.15) is 38.3 Å². The molecule has 0 aromatic heterocycles. The lowest BCUT2D eigenvalue weighted by Gasteiger charge is -2.23. The minimum Gasteiger partial charge on any atom is -0.492 e. The molecule has 1 heterocycles. The zero-order valence-corrected chi connectivity index (χ0v) is 12.7. The Hall–Kier alpha value is -0.150. The van der Waals surface area contributed by atoms with E-state index in [1.54, 1.807) is 6.07 Å². The number of nitrogens with one attached hydrogen (secondary N) is 1. The van der Waals surface area contributed by atoms with E-state index in [0.29, 0.717) is 33.5 Å². The molecule has 1 aliphatic heterocycles. The van der Waals surface area contributed by atoms with Crippen LogP contribution in [0, 0.1) is 0 Å². The lowest BCUT2D eigenvalue weighted by Crippen LogP contribution is -2.28. The van der Waals surface area contributed by atoms with Crippen molar-refractivity contribution in [2.24, 2.45) is 0 Å². The Bertz CT molecular complexity index is 448. The summed E-state index contributed by atoms with van der Waals surface area (Å²) < 4.78 is 5.71. The third-order valence-electron chi connectivity index (χ3n) is 2.93. The average molecular weight is 309 g/mol. The zero-order chi connectivity index (χ0) is 13.3. The molecule has 5 heteroatoms. The summed E-state index contributed by atoms with van der Waals surface area (Å²) in [5, 5.41) is 5.03. The molecule has 1 N–H and O–H groups in total. The third-order valence-corrected chi connectivity index (χ3v) is 4.01. The first-order valence-corrected chi connectivity index (χ1v) is 7.20. The molecule has 1 atom stereocenters. The highest BCUT2D eigenvalue weighted by Crippen LogP contribution is 2.45. The second-order valence-corrected chi connectivity index (χ2v) is 5.95. The summed E-state index contributed by atoms with van der Waals surface area (Å²) in [4.78, 5) is 0. The summed E-state index contributed by atoms with van der Waals surface area (Å²) >= 11 is 18.6. The van der Waals surface area contributed by atoms with Crippen molar-refractivity contribution < 1.29 is 4.74 Å². The van der Waals surface area contributed by atoms with Crippen molar-refractivity contribution in [3.63, 3.8) is 0 Å². The summed E-state index contributed by atoms with van der Waals surface area (Å²) in [5.74, 6) is 0.668. The van der Waals surface area contributed by atoms with Gasteiger partial charge >= 0.3 is 0 Å². The molecule has 1 unspecified atom stereocenters. The van der Waals surface area contributed by atoms with Crippen LogP contribution in [0.4, 0.5) is 0 Å². The minimum absolute atomic E-state index is 0.131. The topological polar surface area (TPSA) is 21.3 Å². The van der Waals surface area contributed by atoms with Crippen LogP contribution in [0.15, 0.2) is 6.07 Å². The van der Waals surface area contributed by atoms with Crippen molar-refractivity contribution in [3.8, 4) is 5.75 Å². The van der Waals surface area contributed by atoms with Gasteiger partial charge in [-0.05, 0) is 18.9 Å². The molecule has 1 aliphatic rings. The predicted octanol–water partition coefficient (Wildman–Crippen LogP) is 4.86. The van der Waals surface area contributed by atoms with Crippen LogP contribution in [0.3, 0.4) is 0 Å². The molecule has 18 heavy (non-hydrogen) atoms. The molecule has 0 spiro atoms. The zero-order valence-electron chi connectivity index (χ0n) is 10.4. The molecule has 1 aromatic carbocycles. The minimum atomic E-state index is 0.131. The monoisotopic (exact) mass is 307 g/mol. The highest BCUT2D eigenvalue weighted by Gasteiger charge is 2.26. The van der Waals surface area contributed by atoms with E-state index in [0.717, 1.165) is 18.4 Å². The van der Waals surface area contributed by atoms with Crippen molar-refractivity contribution in [2.75, 3.05) is 6.61 Å². The first kappa shape index (κ1) is 14.3. The standard InChI is InChI=1S/C13H16Cl3NO/c1-7(2)17-10-4-3-5-18-13-9(15)6-8(14)12(16)11(10)13/h6-7,10,17H,3-5H2,1-2H3. The third kappa shape index (κ3) is 2.88. The molecular weight excluding hydrogens is 293 g/mol. The van der Waals surface area contributed by atoms with Crippen molar-refractivity contribution in [1.82, 2.24) is 5.32 Å². The smallest absolute Gasteiger partial charge is 0.144 e. The molecule has 0 aliphatic carbocycles. The first-order chi connectivity index (χ1) is 8.50. The van der Waals surface area contributed by atoms with Crippen LogP contribution >= 0.6 is 34.8 Å². The number of hydrogen-bond acceptors (Lipinski definition) is 2. The summed E-state index contributed by atoms with van der Waals surface area (Å²) in [6.07, 6.45) is 1.92. The number of benzene rings is 1. The fraction of sp³-hybridized carbons (Fsp3) is 0.538. The molecule has 100 valence electrons. The average Bonchev–Trinajstić information content (AvgIpc) is 2.48. The van der Waals surface area contributed by atoms with Crippen LogP contribution in [-0.4, -0.2) is 12.6 Å². The van der Waals surface area contributed by atoms with Gasteiger partial charge < -0.3 is 10.1 Å². The quantitative estimate of drug-likeness (QED) is 0.788. The van der Waals surface area contributed by atoms with E-state index in [2.05, 4.69) is 19.2 Å². The molecule has 2 rings (SSSR count). The summed E-state index contributed by atoms with van der Waals surface area (Å²) in [7, 11) is 0. The maximum atomic E-state index is 6.32. The molecular formula is C13H16Cl3NO. The Kier molecular flexibility index (Phi) is 4.65. The number of hydrogen-bond donors (Lipinski definition) is 1. The molecule has 0 radical (unpaired) electrons. The van der Waals surface area contributed by atoms with Crippen molar-refractivity contribution in [2.45, 2.75) is 38.8 Å². The Balaban J connectivity index is 2.51. The fourth-order valence-corrected chi connectivity index (χ4v) is 3.03. The highest BCUT2D eigenvalue weighted by molar-refractivity contribution is 6.44. The number of rotatable bonds is 2. The van der Waals surface area contributed by atoms with Gasteiger partial charge in [0, 0.05) is 17.6 Å². The molecule has 0 amide bonds. The normalized spacial score (nSPS) is 19.3. The van der Waals surface area contributed by atoms with Gasteiger partial charge in [-0.2, -0.15) is 0 Å². The van der Waals surface area contributed by atoms with Gasteiger partial charge in [-0.25, -0.2) is 0 Å². The lowest BCUT2D eigenvalue weighted by molar-refractivity contribution is 0.315. The Morgan fingerprint density at radius 2 is 2.00 bits per heavy atom. The molecule has 0 bridgehead atoms. The van der Waals surface area contributed by atoms with E-state index in [1.165, 1.54) is 0 Å². The van der Waals surface area contributed by atoms with Crippen LogP contribution in [0.2, 0.25) is 15.1 Å². The SMILES string of the molecule is CC(C)NC1CCCOc2c(Cl)cc(Cl)c(Cl)c21. The van der Waals surface area contributed by atoms with Crippen molar-refractivity contribution in [3.05, 3.63) is 26.7 Å². The Morgan fingerprint density at radius 1 is 1.28 bits per heavy atom. The van der Waals surface area contributed by atoms with E-state index in [9.17, 15) is 0 Å². The van der Waals surface area contributed by atoms with Gasteiger partial charge in [0.05, 0.1) is 21.7 Å². The van der Waals surface area contributed by atoms with Crippen LogP contribution in [0.25, 0.3) is 0 Å². The Morgan fingerprint density at radius 3 is 2.67 bits per heavy atom. The maximum absolute atomic E-state index is 6.32. The lowest BCUT2D eigenvalue weighted by atomic mass is 10.0. The highest BCUT2D eigenvalue weighted by atomic mass is 35.5. The molecule has 0 fully saturated rings. The van der Waals surface area contributed by atoms with Crippen LogP contribution < -0.4 is 10.1 Å². The van der Waals surface area contributed by atoms with E-state index < -0.39 is 0 Å². The van der Waals surface area contributed by atoms with E-state index >= 15 is 0 Å². The fourth-order valence-electron chi connectivity index (χ4n) is 2.23. The number of fused-ring (bicyclic) bond motifs is 1. The largest absolute Gasteiger partial charge is 0.492 e. The van der Waals surface area contributed by atoms with E-state index in [4.69, 9.17) is 39.5 Å². The van der Waals surface area contributed by atoms with Gasteiger partial charge in [-0.3, -0.25) is 0 Å². The van der Waals surface area contributed by atoms with Crippen molar-refractivity contribution in [1.29, 1.82) is 0 Å². The van der Waals surface area contributed by atoms with Crippen molar-refractivity contribution >= 4 is 34.8 Å². The maximum Gasteiger partial charge on any atom is 0.144 e. The number of halogens is 3. The van der Waals surface area contributed by atoms with Crippen LogP contribution in [0.5, 0.6) is 5.75 Å². The van der Waals surface area contributed by atoms with Gasteiger partial charge in [0.15, 0.2) is 0 Å². The van der Waals surface area contributed by atoms with Gasteiger partial charge in [-0.1, -0.05) is 48.7 Å².